The van der Waals surface area contributed by atoms with Crippen LogP contribution in [0.1, 0.15) is 42.5 Å². The Kier molecular flexibility index (Phi) is 4.17. The Morgan fingerprint density at radius 2 is 2.10 bits per heavy atom. The number of hydrogen-bond acceptors (Lipinski definition) is 2. The molecule has 1 saturated carbocycles. The van der Waals surface area contributed by atoms with E-state index in [9.17, 15) is 4.79 Å². The molecule has 1 amide bonds. The smallest absolute Gasteiger partial charge is 0.267 e. The van der Waals surface area contributed by atoms with E-state index in [1.807, 2.05) is 24.4 Å². The second-order valence-corrected chi connectivity index (χ2v) is 6.22. The second kappa shape index (κ2) is 6.08. The van der Waals surface area contributed by atoms with Gasteiger partial charge in [-0.3, -0.25) is 10.2 Å². The van der Waals surface area contributed by atoms with Gasteiger partial charge >= 0.3 is 0 Å². The van der Waals surface area contributed by atoms with Gasteiger partial charge in [0.05, 0.1) is 16.1 Å². The van der Waals surface area contributed by atoms with E-state index in [4.69, 9.17) is 17.4 Å². The first-order valence-electron chi connectivity index (χ1n) is 7.49. The molecule has 1 aromatic heterocycles. The van der Waals surface area contributed by atoms with Crippen molar-refractivity contribution in [1.82, 2.24) is 9.99 Å². The van der Waals surface area contributed by atoms with Crippen molar-refractivity contribution in [3.63, 3.8) is 0 Å². The molecule has 3 rings (SSSR count). The van der Waals surface area contributed by atoms with Crippen LogP contribution < -0.4 is 11.3 Å². The lowest BCUT2D eigenvalue weighted by Gasteiger charge is -2.22. The van der Waals surface area contributed by atoms with Gasteiger partial charge in [-0.2, -0.15) is 0 Å². The van der Waals surface area contributed by atoms with Gasteiger partial charge in [-0.25, -0.2) is 5.84 Å². The minimum atomic E-state index is -0.273. The molecule has 112 valence electrons. The third-order valence-electron chi connectivity index (χ3n) is 4.40. The third-order valence-corrected chi connectivity index (χ3v) is 4.71. The van der Waals surface area contributed by atoms with Crippen LogP contribution in [0.5, 0.6) is 0 Å². The highest BCUT2D eigenvalue weighted by Gasteiger charge is 2.19. The summed E-state index contributed by atoms with van der Waals surface area (Å²) in [5.74, 6) is 5.68. The van der Waals surface area contributed by atoms with Crippen molar-refractivity contribution in [2.75, 3.05) is 0 Å². The van der Waals surface area contributed by atoms with Crippen LogP contribution in [0.25, 0.3) is 10.9 Å². The van der Waals surface area contributed by atoms with E-state index in [1.54, 1.807) is 0 Å². The maximum absolute atomic E-state index is 12.0. The lowest BCUT2D eigenvalue weighted by atomic mass is 9.89. The Bertz CT molecular complexity index is 659. The Hall–Kier alpha value is -1.52. The van der Waals surface area contributed by atoms with E-state index < -0.39 is 0 Å². The number of hydrogen-bond donors (Lipinski definition) is 2. The number of benzene rings is 1. The van der Waals surface area contributed by atoms with Crippen LogP contribution in [-0.4, -0.2) is 10.5 Å². The van der Waals surface area contributed by atoms with Crippen molar-refractivity contribution in [3.8, 4) is 0 Å². The quantitative estimate of drug-likeness (QED) is 0.518. The summed E-state index contributed by atoms with van der Waals surface area (Å²) in [6.07, 6.45) is 8.32. The predicted octanol–water partition coefficient (Wildman–Crippen LogP) is 3.48. The molecule has 3 N–H and O–H groups in total. The summed E-state index contributed by atoms with van der Waals surface area (Å²) in [5, 5.41) is 1.54. The average Bonchev–Trinajstić information content (AvgIpc) is 2.87. The molecule has 5 heteroatoms. The number of nitrogens with two attached hydrogens (primary N) is 1. The first-order chi connectivity index (χ1) is 10.2. The SMILES string of the molecule is NNC(=O)c1cn(CC2CCCCC2)c2c(Cl)cccc12. The van der Waals surface area contributed by atoms with Crippen molar-refractivity contribution in [2.45, 2.75) is 38.6 Å². The van der Waals surface area contributed by atoms with Crippen LogP contribution in [0.4, 0.5) is 0 Å². The van der Waals surface area contributed by atoms with E-state index in [1.165, 1.54) is 32.1 Å². The molecule has 0 spiro atoms. The third kappa shape index (κ3) is 2.78. The van der Waals surface area contributed by atoms with Gasteiger partial charge in [0.25, 0.3) is 5.91 Å². The number of amides is 1. The van der Waals surface area contributed by atoms with Crippen LogP contribution in [0, 0.1) is 5.92 Å². The molecular formula is C16H20ClN3O. The molecule has 21 heavy (non-hydrogen) atoms. The zero-order valence-corrected chi connectivity index (χ0v) is 12.7. The van der Waals surface area contributed by atoms with E-state index in [-0.39, 0.29) is 5.91 Å². The molecule has 0 aliphatic heterocycles. The number of hydrazine groups is 1. The molecule has 1 heterocycles. The molecule has 1 fully saturated rings. The van der Waals surface area contributed by atoms with Crippen LogP contribution in [0.15, 0.2) is 24.4 Å². The summed E-state index contributed by atoms with van der Waals surface area (Å²) in [4.78, 5) is 12.0. The summed E-state index contributed by atoms with van der Waals surface area (Å²) < 4.78 is 2.12. The first-order valence-corrected chi connectivity index (χ1v) is 7.87. The largest absolute Gasteiger partial charge is 0.345 e. The number of nitrogen functional groups attached to an aromatic ring is 1. The van der Waals surface area contributed by atoms with Crippen LogP contribution in [0.2, 0.25) is 5.02 Å². The number of nitrogens with one attached hydrogen (secondary N) is 1. The van der Waals surface area contributed by atoms with Crippen LogP contribution >= 0.6 is 11.6 Å². The number of rotatable bonds is 3. The van der Waals surface area contributed by atoms with Gasteiger partial charge in [0.2, 0.25) is 0 Å². The Balaban J connectivity index is 2.02. The summed E-state index contributed by atoms with van der Waals surface area (Å²) >= 11 is 6.36. The highest BCUT2D eigenvalue weighted by molar-refractivity contribution is 6.35. The average molecular weight is 306 g/mol. The number of carbonyl (C=O) groups excluding carboxylic acids is 1. The van der Waals surface area contributed by atoms with Crippen molar-refractivity contribution in [2.24, 2.45) is 11.8 Å². The number of fused-ring (bicyclic) bond motifs is 1. The molecule has 2 aromatic rings. The highest BCUT2D eigenvalue weighted by Crippen LogP contribution is 2.31. The van der Waals surface area contributed by atoms with Crippen LogP contribution in [0.3, 0.4) is 0 Å². The fourth-order valence-corrected chi connectivity index (χ4v) is 3.65. The van der Waals surface area contributed by atoms with E-state index >= 15 is 0 Å². The van der Waals surface area contributed by atoms with E-state index in [0.717, 1.165) is 17.4 Å². The molecule has 1 aliphatic carbocycles. The Morgan fingerprint density at radius 1 is 1.33 bits per heavy atom. The van der Waals surface area contributed by atoms with Crippen molar-refractivity contribution in [3.05, 3.63) is 35.0 Å². The summed E-state index contributed by atoms with van der Waals surface area (Å²) in [6.45, 7) is 0.915. The molecular weight excluding hydrogens is 286 g/mol. The van der Waals surface area contributed by atoms with Crippen molar-refractivity contribution < 1.29 is 4.79 Å². The van der Waals surface area contributed by atoms with Gasteiger partial charge in [-0.15, -0.1) is 0 Å². The summed E-state index contributed by atoms with van der Waals surface area (Å²) in [7, 11) is 0. The molecule has 0 saturated heterocycles. The number of carbonyl (C=O) groups is 1. The van der Waals surface area contributed by atoms with Gasteiger partial charge in [-0.1, -0.05) is 43.0 Å². The van der Waals surface area contributed by atoms with Gasteiger partial charge in [0.15, 0.2) is 0 Å². The molecule has 1 aliphatic rings. The van der Waals surface area contributed by atoms with E-state index in [0.29, 0.717) is 16.5 Å². The normalized spacial score (nSPS) is 16.3. The Labute approximate surface area is 129 Å². The molecule has 0 unspecified atom stereocenters. The Morgan fingerprint density at radius 3 is 2.81 bits per heavy atom. The maximum Gasteiger partial charge on any atom is 0.267 e. The minimum absolute atomic E-state index is 0.273. The lowest BCUT2D eigenvalue weighted by Crippen LogP contribution is -2.29. The molecule has 0 atom stereocenters. The molecule has 0 bridgehead atoms. The number of para-hydroxylation sites is 1. The monoisotopic (exact) mass is 305 g/mol. The first kappa shape index (κ1) is 14.4. The van der Waals surface area contributed by atoms with Gasteiger partial charge < -0.3 is 4.57 Å². The molecule has 1 aromatic carbocycles. The van der Waals surface area contributed by atoms with Gasteiger partial charge in [0, 0.05) is 18.1 Å². The fourth-order valence-electron chi connectivity index (χ4n) is 3.37. The predicted molar refractivity (Wildman–Crippen MR) is 85.2 cm³/mol. The lowest BCUT2D eigenvalue weighted by molar-refractivity contribution is 0.0955. The van der Waals surface area contributed by atoms with Crippen molar-refractivity contribution >= 4 is 28.4 Å². The van der Waals surface area contributed by atoms with Gasteiger partial charge in [0.1, 0.15) is 0 Å². The zero-order chi connectivity index (χ0) is 14.8. The van der Waals surface area contributed by atoms with Crippen molar-refractivity contribution in [1.29, 1.82) is 0 Å². The molecule has 4 nitrogen and oxygen atoms in total. The topological polar surface area (TPSA) is 60.0 Å². The van der Waals surface area contributed by atoms with Crippen LogP contribution in [-0.2, 0) is 6.54 Å². The number of halogens is 1. The highest BCUT2D eigenvalue weighted by atomic mass is 35.5. The maximum atomic E-state index is 12.0. The fraction of sp³-hybridized carbons (Fsp3) is 0.438. The zero-order valence-electron chi connectivity index (χ0n) is 11.9. The van der Waals surface area contributed by atoms with E-state index in [2.05, 4.69) is 9.99 Å². The number of aromatic nitrogens is 1. The summed E-state index contributed by atoms with van der Waals surface area (Å²) in [6, 6.07) is 5.65. The summed E-state index contributed by atoms with van der Waals surface area (Å²) in [5.41, 5.74) is 3.74. The molecule has 0 radical (unpaired) electrons. The standard InChI is InChI=1S/C16H20ClN3O/c17-14-8-4-7-12-13(16(21)19-18)10-20(15(12)14)9-11-5-2-1-3-6-11/h4,7-8,10-11H,1-3,5-6,9,18H2,(H,19,21). The minimum Gasteiger partial charge on any atom is -0.345 e. The second-order valence-electron chi connectivity index (χ2n) is 5.81. The number of nitrogens with zero attached hydrogens (tertiary/aromatic N) is 1. The van der Waals surface area contributed by atoms with Gasteiger partial charge in [-0.05, 0) is 24.8 Å².